The lowest BCUT2D eigenvalue weighted by molar-refractivity contribution is -0.122. The van der Waals surface area contributed by atoms with E-state index in [1.807, 2.05) is 4.57 Å². The first-order chi connectivity index (χ1) is 17.3. The van der Waals surface area contributed by atoms with E-state index in [0.29, 0.717) is 55.2 Å². The molecule has 2 fully saturated rings. The zero-order valence-electron chi connectivity index (χ0n) is 19.6. The van der Waals surface area contributed by atoms with Crippen LogP contribution in [0, 0.1) is 11.7 Å². The summed E-state index contributed by atoms with van der Waals surface area (Å²) in [6.07, 6.45) is 7.26. The summed E-state index contributed by atoms with van der Waals surface area (Å²) in [5.74, 6) is -0.250. The van der Waals surface area contributed by atoms with Crippen LogP contribution >= 0.6 is 23.2 Å². The molecule has 1 amide bonds. The summed E-state index contributed by atoms with van der Waals surface area (Å²) in [6, 6.07) is 2.68. The zero-order chi connectivity index (χ0) is 25.4. The Hall–Kier alpha value is -2.69. The number of hydrogen-bond donors (Lipinski definition) is 4. The van der Waals surface area contributed by atoms with Gasteiger partial charge >= 0.3 is 0 Å². The number of halogens is 3. The summed E-state index contributed by atoms with van der Waals surface area (Å²) in [6.45, 7) is 0. The van der Waals surface area contributed by atoms with Gasteiger partial charge in [0.05, 0.1) is 23.0 Å². The van der Waals surface area contributed by atoms with Gasteiger partial charge in [-0.1, -0.05) is 23.2 Å². The van der Waals surface area contributed by atoms with Gasteiger partial charge in [0.2, 0.25) is 17.8 Å². The molecule has 0 unspecified atom stereocenters. The summed E-state index contributed by atoms with van der Waals surface area (Å²) in [5.41, 5.74) is 6.71. The molecule has 2 aliphatic carbocycles. The Morgan fingerprint density at radius 2 is 1.92 bits per heavy atom. The Morgan fingerprint density at radius 3 is 2.61 bits per heavy atom. The van der Waals surface area contributed by atoms with Gasteiger partial charge in [-0.3, -0.25) is 9.36 Å². The van der Waals surface area contributed by atoms with Gasteiger partial charge in [0.1, 0.15) is 11.3 Å². The number of hydrogen-bond acceptors (Lipinski definition) is 7. The Bertz CT molecular complexity index is 1260. The van der Waals surface area contributed by atoms with E-state index >= 15 is 0 Å². The van der Waals surface area contributed by atoms with Crippen molar-refractivity contribution in [3.8, 4) is 0 Å². The van der Waals surface area contributed by atoms with Crippen molar-refractivity contribution < 1.29 is 14.3 Å². The fourth-order valence-corrected chi connectivity index (χ4v) is 5.78. The van der Waals surface area contributed by atoms with Crippen LogP contribution in [-0.2, 0) is 4.79 Å². The maximum atomic E-state index is 14.7. The number of anilines is 3. The van der Waals surface area contributed by atoms with Gasteiger partial charge in [-0.2, -0.15) is 4.98 Å². The number of primary amides is 1. The molecule has 3 aromatic rings. The highest BCUT2D eigenvalue weighted by Crippen LogP contribution is 2.38. The average molecular weight is 536 g/mol. The second kappa shape index (κ2) is 10.4. The zero-order valence-corrected chi connectivity index (χ0v) is 21.1. The fraction of sp³-hybridized carbons (Fsp3) is 0.500. The van der Waals surface area contributed by atoms with Gasteiger partial charge in [0.15, 0.2) is 5.65 Å². The lowest BCUT2D eigenvalue weighted by Gasteiger charge is -2.29. The van der Waals surface area contributed by atoms with Crippen LogP contribution < -0.4 is 16.4 Å². The number of nitrogens with two attached hydrogens (primary N) is 1. The normalized spacial score (nSPS) is 24.6. The third kappa shape index (κ3) is 5.21. The maximum Gasteiger partial charge on any atom is 0.224 e. The lowest BCUT2D eigenvalue weighted by atomic mass is 9.85. The molecule has 5 N–H and O–H groups in total. The van der Waals surface area contributed by atoms with Crippen molar-refractivity contribution in [1.82, 2.24) is 19.5 Å². The second-order valence-corrected chi connectivity index (χ2v) is 10.5. The van der Waals surface area contributed by atoms with Crippen molar-refractivity contribution in [1.29, 1.82) is 0 Å². The third-order valence-corrected chi connectivity index (χ3v) is 7.64. The molecule has 1 aromatic carbocycles. The highest BCUT2D eigenvalue weighted by atomic mass is 35.5. The SMILES string of the molecule is NC(=O)[C@H]1CC[C@@H](n2c(Nc3c(F)cc(Cl)cc3Cl)nc3cnc(N[C@@H]4CCC[C@@H](O)C4)nc32)CC1. The Kier molecular flexibility index (Phi) is 7.18. The molecule has 5 rings (SSSR count). The topological polar surface area (TPSA) is 131 Å². The standard InChI is InChI=1S/C24H28Cl2FN7O2/c25-13-8-17(26)20(18(27)9-13)32-24-31-19-11-29-23(30-14-2-1-3-16(35)10-14)33-22(19)34(24)15-6-4-12(5-7-15)21(28)36/h8-9,11-12,14-16,35H,1-7,10H2,(H2,28,36)(H,31,32)(H,29,30,33)/t12-,14-,15+,16-/m1/s1. The largest absolute Gasteiger partial charge is 0.393 e. The highest BCUT2D eigenvalue weighted by molar-refractivity contribution is 6.36. The van der Waals surface area contributed by atoms with Gasteiger partial charge in [0, 0.05) is 23.0 Å². The van der Waals surface area contributed by atoms with Crippen LogP contribution in [0.25, 0.3) is 11.2 Å². The first-order valence-electron chi connectivity index (χ1n) is 12.2. The summed E-state index contributed by atoms with van der Waals surface area (Å²) in [5, 5.41) is 16.7. The van der Waals surface area contributed by atoms with Crippen molar-refractivity contribution in [2.24, 2.45) is 11.7 Å². The smallest absolute Gasteiger partial charge is 0.224 e. The van der Waals surface area contributed by atoms with E-state index in [9.17, 15) is 14.3 Å². The van der Waals surface area contributed by atoms with Crippen molar-refractivity contribution in [3.05, 3.63) is 34.2 Å². The fourth-order valence-electron chi connectivity index (χ4n) is 5.26. The molecule has 2 saturated carbocycles. The number of imidazole rings is 1. The quantitative estimate of drug-likeness (QED) is 0.351. The van der Waals surface area contributed by atoms with Gasteiger partial charge in [-0.15, -0.1) is 0 Å². The van der Waals surface area contributed by atoms with E-state index < -0.39 is 5.82 Å². The number of nitrogens with one attached hydrogen (secondary N) is 2. The molecule has 2 atom stereocenters. The molecule has 0 radical (unpaired) electrons. The molecule has 9 nitrogen and oxygen atoms in total. The van der Waals surface area contributed by atoms with E-state index in [-0.39, 0.29) is 45.7 Å². The molecule has 36 heavy (non-hydrogen) atoms. The van der Waals surface area contributed by atoms with Crippen LogP contribution in [0.3, 0.4) is 0 Å². The number of nitrogens with zero attached hydrogens (tertiary/aromatic N) is 4. The van der Waals surface area contributed by atoms with Crippen LogP contribution in [0.4, 0.5) is 22.0 Å². The van der Waals surface area contributed by atoms with Crippen molar-refractivity contribution in [3.63, 3.8) is 0 Å². The number of carbonyl (C=O) groups excluding carboxylic acids is 1. The monoisotopic (exact) mass is 535 g/mol. The van der Waals surface area contributed by atoms with Gasteiger partial charge < -0.3 is 21.5 Å². The van der Waals surface area contributed by atoms with Crippen LogP contribution in [0.5, 0.6) is 0 Å². The molecule has 2 aliphatic rings. The second-order valence-electron chi connectivity index (χ2n) is 9.65. The van der Waals surface area contributed by atoms with Crippen LogP contribution in [0.1, 0.15) is 57.4 Å². The number of carbonyl (C=O) groups is 1. The van der Waals surface area contributed by atoms with Gasteiger partial charge in [0.25, 0.3) is 0 Å². The molecule has 0 saturated heterocycles. The lowest BCUT2D eigenvalue weighted by Crippen LogP contribution is -2.30. The summed E-state index contributed by atoms with van der Waals surface area (Å²) < 4.78 is 16.7. The number of aliphatic hydroxyl groups excluding tert-OH is 1. The number of rotatable bonds is 6. The molecule has 2 aromatic heterocycles. The van der Waals surface area contributed by atoms with E-state index in [2.05, 4.69) is 20.6 Å². The minimum absolute atomic E-state index is 0.0403. The van der Waals surface area contributed by atoms with Crippen molar-refractivity contribution in [2.45, 2.75) is 69.6 Å². The van der Waals surface area contributed by atoms with E-state index in [1.165, 1.54) is 12.1 Å². The number of benzene rings is 1. The summed E-state index contributed by atoms with van der Waals surface area (Å²) >= 11 is 12.2. The van der Waals surface area contributed by atoms with E-state index in [4.69, 9.17) is 33.9 Å². The predicted octanol–water partition coefficient (Wildman–Crippen LogP) is 4.95. The van der Waals surface area contributed by atoms with Gasteiger partial charge in [-0.05, 0) is 63.5 Å². The van der Waals surface area contributed by atoms with Crippen LogP contribution in [-0.4, -0.2) is 42.7 Å². The molecule has 0 aliphatic heterocycles. The number of fused-ring (bicyclic) bond motifs is 1. The molecular weight excluding hydrogens is 508 g/mol. The molecule has 2 heterocycles. The Morgan fingerprint density at radius 1 is 1.14 bits per heavy atom. The third-order valence-electron chi connectivity index (χ3n) is 7.12. The Labute approximate surface area is 217 Å². The number of amides is 1. The minimum atomic E-state index is -0.604. The van der Waals surface area contributed by atoms with Crippen LogP contribution in [0.2, 0.25) is 10.0 Å². The van der Waals surface area contributed by atoms with Crippen molar-refractivity contribution in [2.75, 3.05) is 10.6 Å². The first-order valence-corrected chi connectivity index (χ1v) is 12.9. The molecule has 0 bridgehead atoms. The molecular formula is C24H28Cl2FN7O2. The maximum absolute atomic E-state index is 14.7. The van der Waals surface area contributed by atoms with Crippen LogP contribution in [0.15, 0.2) is 18.3 Å². The summed E-state index contributed by atoms with van der Waals surface area (Å²) in [7, 11) is 0. The van der Waals surface area contributed by atoms with E-state index in [1.54, 1.807) is 6.20 Å². The molecule has 192 valence electrons. The Balaban J connectivity index is 1.51. The number of aromatic nitrogens is 4. The van der Waals surface area contributed by atoms with Gasteiger partial charge in [-0.25, -0.2) is 14.4 Å². The minimum Gasteiger partial charge on any atom is -0.393 e. The number of aliphatic hydroxyl groups is 1. The molecule has 0 spiro atoms. The van der Waals surface area contributed by atoms with Crippen molar-refractivity contribution >= 4 is 57.9 Å². The first kappa shape index (κ1) is 25.0. The molecule has 12 heteroatoms. The highest BCUT2D eigenvalue weighted by Gasteiger charge is 2.30. The van der Waals surface area contributed by atoms with E-state index in [0.717, 1.165) is 19.3 Å². The average Bonchev–Trinajstić information content (AvgIpc) is 3.18. The predicted molar refractivity (Wildman–Crippen MR) is 137 cm³/mol. The summed E-state index contributed by atoms with van der Waals surface area (Å²) in [4.78, 5) is 25.5.